The van der Waals surface area contributed by atoms with Crippen molar-refractivity contribution in [1.82, 2.24) is 0 Å². The van der Waals surface area contributed by atoms with Crippen LogP contribution in [0.1, 0.15) is 64.7 Å². The van der Waals surface area contributed by atoms with Gasteiger partial charge in [-0.25, -0.2) is 0 Å². The first-order chi connectivity index (χ1) is 6.41. The Bertz CT molecular complexity index is 103. The minimum atomic E-state index is 1.16. The van der Waals surface area contributed by atoms with E-state index in [1.807, 2.05) is 0 Å². The molecule has 2 radical (unpaired) electrons. The van der Waals surface area contributed by atoms with Gasteiger partial charge in [0.05, 0.1) is 0 Å². The molecule has 0 amide bonds. The third-order valence-corrected chi connectivity index (χ3v) is 2.36. The van der Waals surface area contributed by atoms with Crippen LogP contribution < -0.4 is 0 Å². The maximum atomic E-state index is 5.24. The second-order valence-corrected chi connectivity index (χ2v) is 3.69. The highest BCUT2D eigenvalue weighted by atomic mass is 14.0. The zero-order valence-electron chi connectivity index (χ0n) is 9.10. The quantitative estimate of drug-likeness (QED) is 0.448. The van der Waals surface area contributed by atoms with Crippen molar-refractivity contribution in [3.63, 3.8) is 0 Å². The predicted molar refractivity (Wildman–Crippen MR) is 60.7 cm³/mol. The summed E-state index contributed by atoms with van der Waals surface area (Å²) in [5.41, 5.74) is 0. The van der Waals surface area contributed by atoms with Crippen LogP contribution in [0.15, 0.2) is 12.2 Å². The summed E-state index contributed by atoms with van der Waals surface area (Å²) in [6, 6.07) is 0. The van der Waals surface area contributed by atoms with E-state index in [2.05, 4.69) is 13.0 Å². The summed E-state index contributed by atoms with van der Waals surface area (Å²) in [7, 11) is 0. The molecule has 0 fully saturated rings. The lowest BCUT2D eigenvalue weighted by molar-refractivity contribution is 0.577. The van der Waals surface area contributed by atoms with E-state index < -0.39 is 0 Å². The van der Waals surface area contributed by atoms with Gasteiger partial charge >= 0.3 is 0 Å². The van der Waals surface area contributed by atoms with Gasteiger partial charge < -0.3 is 0 Å². The van der Waals surface area contributed by atoms with Gasteiger partial charge in [0.1, 0.15) is 0 Å². The molecule has 0 aromatic carbocycles. The standard InChI is InChI=1S/C13H24/c1-3-5-7-9-11-13-12-10-8-6-4-2/h1,3,5H,4,6-13H2,2H3/b5-3+. The second-order valence-electron chi connectivity index (χ2n) is 3.69. The lowest BCUT2D eigenvalue weighted by atomic mass is 10.1. The summed E-state index contributed by atoms with van der Waals surface area (Å²) < 4.78 is 0. The first-order valence-corrected chi connectivity index (χ1v) is 5.78. The second kappa shape index (κ2) is 11.7. The summed E-state index contributed by atoms with van der Waals surface area (Å²) in [5, 5.41) is 0. The summed E-state index contributed by atoms with van der Waals surface area (Å²) in [6.07, 6.45) is 16.0. The third-order valence-electron chi connectivity index (χ3n) is 2.36. The fourth-order valence-electron chi connectivity index (χ4n) is 1.49. The van der Waals surface area contributed by atoms with Crippen molar-refractivity contribution >= 4 is 0 Å². The molecule has 0 aliphatic carbocycles. The minimum Gasteiger partial charge on any atom is -0.0882 e. The van der Waals surface area contributed by atoms with Gasteiger partial charge in [-0.05, 0) is 19.8 Å². The Hall–Kier alpha value is -0.260. The van der Waals surface area contributed by atoms with E-state index in [0.29, 0.717) is 0 Å². The van der Waals surface area contributed by atoms with Crippen molar-refractivity contribution in [1.29, 1.82) is 0 Å². The van der Waals surface area contributed by atoms with Gasteiger partial charge in [-0.3, -0.25) is 0 Å². The van der Waals surface area contributed by atoms with Crippen LogP contribution in [0.2, 0.25) is 0 Å². The van der Waals surface area contributed by atoms with Crippen LogP contribution in [0.4, 0.5) is 0 Å². The number of rotatable bonds is 9. The van der Waals surface area contributed by atoms with Gasteiger partial charge in [0.2, 0.25) is 0 Å². The maximum Gasteiger partial charge on any atom is -0.00958 e. The Morgan fingerprint density at radius 3 is 1.92 bits per heavy atom. The van der Waals surface area contributed by atoms with Gasteiger partial charge in [-0.15, -0.1) is 0 Å². The van der Waals surface area contributed by atoms with Crippen molar-refractivity contribution in [3.05, 3.63) is 19.1 Å². The zero-order chi connectivity index (χ0) is 9.78. The molecule has 0 unspecified atom stereocenters. The number of unbranched alkanes of at least 4 members (excludes halogenated alkanes) is 8. The highest BCUT2D eigenvalue weighted by Gasteiger charge is 1.89. The summed E-state index contributed by atoms with van der Waals surface area (Å²) in [6.45, 7) is 7.51. The average Bonchev–Trinajstić information content (AvgIpc) is 2.16. The highest BCUT2D eigenvalue weighted by molar-refractivity contribution is 4.83. The molecule has 76 valence electrons. The molecule has 0 N–H and O–H groups in total. The average molecular weight is 180 g/mol. The number of hydrogen-bond acceptors (Lipinski definition) is 0. The van der Waals surface area contributed by atoms with E-state index in [1.165, 1.54) is 51.4 Å². The van der Waals surface area contributed by atoms with Crippen molar-refractivity contribution in [2.24, 2.45) is 0 Å². The molecule has 0 aromatic rings. The van der Waals surface area contributed by atoms with Crippen molar-refractivity contribution in [3.8, 4) is 0 Å². The molecule has 0 nitrogen and oxygen atoms in total. The lowest BCUT2D eigenvalue weighted by Gasteiger charge is -1.99. The van der Waals surface area contributed by atoms with Crippen LogP contribution in [0.25, 0.3) is 0 Å². The van der Waals surface area contributed by atoms with E-state index in [-0.39, 0.29) is 0 Å². The Labute approximate surface area is 84.4 Å². The van der Waals surface area contributed by atoms with Crippen LogP contribution >= 0.6 is 0 Å². The van der Waals surface area contributed by atoms with Crippen molar-refractivity contribution < 1.29 is 0 Å². The molecular weight excluding hydrogens is 156 g/mol. The Balaban J connectivity index is 2.83. The molecule has 0 heteroatoms. The molecule has 13 heavy (non-hydrogen) atoms. The van der Waals surface area contributed by atoms with E-state index in [4.69, 9.17) is 6.92 Å². The molecule has 0 spiro atoms. The van der Waals surface area contributed by atoms with Gasteiger partial charge in [-0.1, -0.05) is 64.0 Å². The molecule has 0 atom stereocenters. The van der Waals surface area contributed by atoms with Crippen LogP contribution in [0.5, 0.6) is 0 Å². The van der Waals surface area contributed by atoms with Crippen LogP contribution in [0.3, 0.4) is 0 Å². The molecule has 0 aromatic heterocycles. The lowest BCUT2D eigenvalue weighted by Crippen LogP contribution is -1.79. The fourth-order valence-corrected chi connectivity index (χ4v) is 1.49. The molecular formula is C13H24. The Morgan fingerprint density at radius 1 is 0.846 bits per heavy atom. The van der Waals surface area contributed by atoms with E-state index >= 15 is 0 Å². The smallest absolute Gasteiger partial charge is 0.00958 e. The molecule has 0 saturated carbocycles. The molecule has 0 rings (SSSR count). The number of hydrogen-bond donors (Lipinski definition) is 0. The first-order valence-electron chi connectivity index (χ1n) is 5.78. The maximum absolute atomic E-state index is 5.24. The van der Waals surface area contributed by atoms with Gasteiger partial charge in [0, 0.05) is 0 Å². The van der Waals surface area contributed by atoms with Crippen LogP contribution in [0, 0.1) is 6.92 Å². The van der Waals surface area contributed by atoms with Crippen molar-refractivity contribution in [2.75, 3.05) is 0 Å². The fraction of sp³-hybridized carbons (Fsp3) is 0.769. The molecule has 0 heterocycles. The van der Waals surface area contributed by atoms with Gasteiger partial charge in [0.15, 0.2) is 0 Å². The molecule has 0 aliphatic heterocycles. The zero-order valence-corrected chi connectivity index (χ0v) is 9.10. The molecule has 0 saturated heterocycles. The summed E-state index contributed by atoms with van der Waals surface area (Å²) in [5.74, 6) is 0. The van der Waals surface area contributed by atoms with Gasteiger partial charge in [-0.2, -0.15) is 0 Å². The van der Waals surface area contributed by atoms with E-state index in [0.717, 1.165) is 6.42 Å². The van der Waals surface area contributed by atoms with Crippen LogP contribution in [-0.4, -0.2) is 0 Å². The monoisotopic (exact) mass is 180 g/mol. The summed E-state index contributed by atoms with van der Waals surface area (Å²) in [4.78, 5) is 0. The number of allylic oxidation sites excluding steroid dienone is 2. The Morgan fingerprint density at radius 2 is 1.38 bits per heavy atom. The SMILES string of the molecule is [CH]/C=C/CCCCCCCCCC. The first kappa shape index (κ1) is 12.7. The third kappa shape index (κ3) is 11.7. The Kier molecular flexibility index (Phi) is 11.5. The van der Waals surface area contributed by atoms with E-state index in [1.54, 1.807) is 6.08 Å². The normalized spacial score (nSPS) is 11.2. The summed E-state index contributed by atoms with van der Waals surface area (Å²) >= 11 is 0. The minimum absolute atomic E-state index is 1.16. The van der Waals surface area contributed by atoms with Crippen LogP contribution in [-0.2, 0) is 0 Å². The molecule has 0 aliphatic rings. The predicted octanol–water partition coefficient (Wildman–Crippen LogP) is 4.78. The topological polar surface area (TPSA) is 0 Å². The van der Waals surface area contributed by atoms with Crippen molar-refractivity contribution in [2.45, 2.75) is 64.7 Å². The highest BCUT2D eigenvalue weighted by Crippen LogP contribution is 2.09. The molecule has 0 bridgehead atoms. The largest absolute Gasteiger partial charge is 0.0882 e. The van der Waals surface area contributed by atoms with Gasteiger partial charge in [0.25, 0.3) is 0 Å². The van der Waals surface area contributed by atoms with E-state index in [9.17, 15) is 0 Å².